The molecule has 0 saturated carbocycles. The maximum atomic E-state index is 10.5. The molecule has 0 fully saturated rings. The molecule has 1 aliphatic carbocycles. The van der Waals surface area contributed by atoms with Crippen molar-refractivity contribution in [2.45, 2.75) is 6.42 Å². The second kappa shape index (κ2) is 7.04. The summed E-state index contributed by atoms with van der Waals surface area (Å²) >= 11 is 0. The van der Waals surface area contributed by atoms with Crippen molar-refractivity contribution in [3.05, 3.63) is 60.5 Å². The van der Waals surface area contributed by atoms with Crippen molar-refractivity contribution in [1.82, 2.24) is 5.32 Å². The summed E-state index contributed by atoms with van der Waals surface area (Å²) in [5.74, 6) is 1.11. The Morgan fingerprint density at radius 3 is 3.20 bits per heavy atom. The average molecular weight is 269 g/mol. The number of rotatable bonds is 5. The lowest BCUT2D eigenvalue weighted by atomic mass is 10.2. The van der Waals surface area contributed by atoms with Gasteiger partial charge in [-0.25, -0.2) is 4.99 Å². The molecule has 1 N–H and O–H groups in total. The van der Waals surface area contributed by atoms with Gasteiger partial charge in [-0.3, -0.25) is 4.79 Å². The molecule has 2 rings (SSSR count). The third kappa shape index (κ3) is 3.65. The normalized spacial score (nSPS) is 20.0. The van der Waals surface area contributed by atoms with Gasteiger partial charge in [0.1, 0.15) is 6.61 Å². The van der Waals surface area contributed by atoms with Crippen molar-refractivity contribution >= 4 is 18.1 Å². The first-order valence-electron chi connectivity index (χ1n) is 6.17. The Kier molecular flexibility index (Phi) is 4.83. The quantitative estimate of drug-likeness (QED) is 0.613. The van der Waals surface area contributed by atoms with Gasteiger partial charge in [0, 0.05) is 23.9 Å². The van der Waals surface area contributed by atoms with Crippen LogP contribution in [0.4, 0.5) is 0 Å². The van der Waals surface area contributed by atoms with Crippen molar-refractivity contribution in [2.24, 2.45) is 9.98 Å². The summed E-state index contributed by atoms with van der Waals surface area (Å²) in [6.07, 6.45) is 13.9. The van der Waals surface area contributed by atoms with Gasteiger partial charge in [-0.05, 0) is 18.2 Å². The van der Waals surface area contributed by atoms with Crippen LogP contribution in [-0.2, 0) is 9.53 Å². The molecule has 0 aromatic heterocycles. The molecule has 0 aromatic carbocycles. The van der Waals surface area contributed by atoms with E-state index in [2.05, 4.69) is 21.9 Å². The predicted octanol–water partition coefficient (Wildman–Crippen LogP) is 2.03. The van der Waals surface area contributed by atoms with Gasteiger partial charge < -0.3 is 10.1 Å². The molecule has 2 aliphatic rings. The number of aliphatic imine (C=N–C) groups is 2. The Morgan fingerprint density at radius 2 is 2.40 bits per heavy atom. The number of carbonyl (C=O) groups is 1. The number of amidine groups is 1. The Balaban J connectivity index is 2.18. The number of nitrogens with zero attached hydrogens (tertiary/aromatic N) is 2. The highest BCUT2D eigenvalue weighted by Gasteiger charge is 2.17. The lowest BCUT2D eigenvalue weighted by Gasteiger charge is -2.03. The Hall–Kier alpha value is -2.69. The molecular formula is C15H15N3O2. The fourth-order valence-corrected chi connectivity index (χ4v) is 1.69. The van der Waals surface area contributed by atoms with Crippen molar-refractivity contribution in [3.8, 4) is 0 Å². The van der Waals surface area contributed by atoms with E-state index >= 15 is 0 Å². The molecule has 5 heteroatoms. The third-order valence-corrected chi connectivity index (χ3v) is 2.58. The summed E-state index contributed by atoms with van der Waals surface area (Å²) in [5.41, 5.74) is 1.60. The molecule has 0 atom stereocenters. The minimum Gasteiger partial charge on any atom is -0.469 e. The van der Waals surface area contributed by atoms with E-state index in [1.54, 1.807) is 18.4 Å². The molecule has 0 radical (unpaired) electrons. The van der Waals surface area contributed by atoms with Crippen molar-refractivity contribution in [2.75, 3.05) is 6.61 Å². The van der Waals surface area contributed by atoms with Gasteiger partial charge in [-0.2, -0.15) is 4.99 Å². The van der Waals surface area contributed by atoms with Gasteiger partial charge in [-0.15, -0.1) is 0 Å². The number of amides is 1. The molecule has 5 nitrogen and oxygen atoms in total. The van der Waals surface area contributed by atoms with Crippen LogP contribution in [0.15, 0.2) is 70.5 Å². The summed E-state index contributed by atoms with van der Waals surface area (Å²) < 4.78 is 5.51. The van der Waals surface area contributed by atoms with Crippen LogP contribution in [0.5, 0.6) is 0 Å². The number of hydrogen-bond acceptors (Lipinski definition) is 3. The molecule has 0 saturated heterocycles. The van der Waals surface area contributed by atoms with E-state index in [9.17, 15) is 4.79 Å². The highest BCUT2D eigenvalue weighted by Crippen LogP contribution is 2.15. The molecule has 0 bridgehead atoms. The monoisotopic (exact) mass is 269 g/mol. The van der Waals surface area contributed by atoms with Gasteiger partial charge in [0.05, 0.1) is 0 Å². The number of carbonyl (C=O) groups excluding carboxylic acids is 1. The second-order valence-electron chi connectivity index (χ2n) is 4.01. The zero-order valence-electron chi connectivity index (χ0n) is 11.0. The number of ether oxygens (including phenoxy) is 1. The molecule has 0 unspecified atom stereocenters. The Bertz CT molecular complexity index is 578. The first-order chi connectivity index (χ1) is 9.83. The summed E-state index contributed by atoms with van der Waals surface area (Å²) in [5, 5.41) is 2.66. The molecule has 1 heterocycles. The number of nitrogens with one attached hydrogen (secondary N) is 1. The van der Waals surface area contributed by atoms with E-state index in [-0.39, 0.29) is 0 Å². The van der Waals surface area contributed by atoms with Gasteiger partial charge in [0.15, 0.2) is 5.84 Å². The second-order valence-corrected chi connectivity index (χ2v) is 4.01. The lowest BCUT2D eigenvalue weighted by Crippen LogP contribution is -2.11. The lowest BCUT2D eigenvalue weighted by molar-refractivity contribution is -0.108. The van der Waals surface area contributed by atoms with Gasteiger partial charge >= 0.3 is 0 Å². The van der Waals surface area contributed by atoms with Crippen molar-refractivity contribution < 1.29 is 9.53 Å². The maximum absolute atomic E-state index is 10.5. The highest BCUT2D eigenvalue weighted by atomic mass is 16.5. The van der Waals surface area contributed by atoms with E-state index < -0.39 is 0 Å². The first-order valence-corrected chi connectivity index (χ1v) is 6.17. The average Bonchev–Trinajstić information content (AvgIpc) is 2.79. The zero-order valence-corrected chi connectivity index (χ0v) is 11.0. The predicted molar refractivity (Wildman–Crippen MR) is 79.3 cm³/mol. The fourth-order valence-electron chi connectivity index (χ4n) is 1.69. The van der Waals surface area contributed by atoms with E-state index in [4.69, 9.17) is 4.74 Å². The minimum absolute atomic E-state index is 0.335. The van der Waals surface area contributed by atoms with Crippen LogP contribution in [0.25, 0.3) is 0 Å². The van der Waals surface area contributed by atoms with Crippen LogP contribution in [-0.4, -0.2) is 24.8 Å². The summed E-state index contributed by atoms with van der Waals surface area (Å²) in [6.45, 7) is 3.90. The standard InChI is InChI=1S/C15H15N3O2/c1-2-3-8-16-14-10-20-15(18-14)12-6-4-5-7-13(9-12)17-11-19/h2-6,8-9,11H,1,7,10H2,(H,17,19)/b8-3-,16-14?. The van der Waals surface area contributed by atoms with E-state index in [1.165, 1.54) is 0 Å². The van der Waals surface area contributed by atoms with Crippen LogP contribution in [0.1, 0.15) is 6.42 Å². The van der Waals surface area contributed by atoms with Crippen molar-refractivity contribution in [1.29, 1.82) is 0 Å². The fraction of sp³-hybridized carbons (Fsp3) is 0.133. The molecule has 20 heavy (non-hydrogen) atoms. The van der Waals surface area contributed by atoms with Crippen LogP contribution < -0.4 is 5.32 Å². The van der Waals surface area contributed by atoms with Crippen LogP contribution >= 0.6 is 0 Å². The first kappa shape index (κ1) is 13.7. The maximum Gasteiger partial charge on any atom is 0.223 e. The van der Waals surface area contributed by atoms with Crippen LogP contribution in [0, 0.1) is 0 Å². The Labute approximate surface area is 117 Å². The number of allylic oxidation sites excluding steroid dienone is 5. The van der Waals surface area contributed by atoms with Crippen LogP contribution in [0.3, 0.4) is 0 Å². The largest absolute Gasteiger partial charge is 0.469 e. The molecular weight excluding hydrogens is 254 g/mol. The smallest absolute Gasteiger partial charge is 0.223 e. The topological polar surface area (TPSA) is 63.0 Å². The van der Waals surface area contributed by atoms with Crippen molar-refractivity contribution in [3.63, 3.8) is 0 Å². The zero-order chi connectivity index (χ0) is 14.2. The Morgan fingerprint density at radius 1 is 1.50 bits per heavy atom. The molecule has 0 aromatic rings. The highest BCUT2D eigenvalue weighted by molar-refractivity contribution is 6.09. The van der Waals surface area contributed by atoms with E-state index in [0.29, 0.717) is 31.2 Å². The van der Waals surface area contributed by atoms with Gasteiger partial charge in [0.2, 0.25) is 12.3 Å². The van der Waals surface area contributed by atoms with E-state index in [1.807, 2.05) is 24.3 Å². The minimum atomic E-state index is 0.335. The summed E-state index contributed by atoms with van der Waals surface area (Å²) in [6, 6.07) is 0. The molecule has 0 spiro atoms. The van der Waals surface area contributed by atoms with Gasteiger partial charge in [0.25, 0.3) is 0 Å². The molecule has 1 amide bonds. The summed E-state index contributed by atoms with van der Waals surface area (Å²) in [7, 11) is 0. The molecule has 1 aliphatic heterocycles. The summed E-state index contributed by atoms with van der Waals surface area (Å²) in [4.78, 5) is 19.0. The van der Waals surface area contributed by atoms with E-state index in [0.717, 1.165) is 11.3 Å². The number of hydrogen-bond donors (Lipinski definition) is 1. The van der Waals surface area contributed by atoms with Gasteiger partial charge in [-0.1, -0.05) is 24.8 Å². The SMILES string of the molecule is C=C/C=C\N=C1COC(C2=CC=CCC(NC=O)=C2)=N1. The third-order valence-electron chi connectivity index (χ3n) is 2.58. The van der Waals surface area contributed by atoms with Crippen LogP contribution in [0.2, 0.25) is 0 Å². The molecule has 102 valence electrons.